The van der Waals surface area contributed by atoms with Crippen LogP contribution in [0.1, 0.15) is 12.8 Å². The predicted molar refractivity (Wildman–Crippen MR) is 118 cm³/mol. The SMILES string of the molecule is COc1cc(Cl)c(NC(=O)[C@@H]2CCCN(c3nccc4sccc34)C2)c(OC)c1. The van der Waals surface area contributed by atoms with Crippen molar-refractivity contribution >= 4 is 50.4 Å². The number of hydrogen-bond acceptors (Lipinski definition) is 6. The molecule has 1 saturated heterocycles. The molecule has 1 aromatic carbocycles. The minimum Gasteiger partial charge on any atom is -0.497 e. The highest BCUT2D eigenvalue weighted by molar-refractivity contribution is 7.17. The number of hydrogen-bond donors (Lipinski definition) is 1. The maximum atomic E-state index is 13.0. The Balaban J connectivity index is 1.53. The van der Waals surface area contributed by atoms with Gasteiger partial charge in [0.05, 0.1) is 25.2 Å². The first-order valence-corrected chi connectivity index (χ1v) is 10.7. The van der Waals surface area contributed by atoms with Crippen molar-refractivity contribution in [2.75, 3.05) is 37.5 Å². The summed E-state index contributed by atoms with van der Waals surface area (Å²) in [5, 5.41) is 6.55. The zero-order valence-electron chi connectivity index (χ0n) is 16.3. The Hall–Kier alpha value is -2.51. The third-order valence-corrected chi connectivity index (χ3v) is 6.36. The molecule has 3 aromatic rings. The monoisotopic (exact) mass is 431 g/mol. The van der Waals surface area contributed by atoms with Gasteiger partial charge in [0.25, 0.3) is 0 Å². The van der Waals surface area contributed by atoms with Gasteiger partial charge in [0.1, 0.15) is 23.0 Å². The predicted octanol–water partition coefficient (Wildman–Crippen LogP) is 4.82. The molecule has 29 heavy (non-hydrogen) atoms. The van der Waals surface area contributed by atoms with Crippen LogP contribution in [0.4, 0.5) is 11.5 Å². The second kappa shape index (κ2) is 8.47. The Morgan fingerprint density at radius 1 is 1.31 bits per heavy atom. The lowest BCUT2D eigenvalue weighted by Gasteiger charge is -2.33. The summed E-state index contributed by atoms with van der Waals surface area (Å²) in [6.07, 6.45) is 3.58. The number of anilines is 2. The molecule has 0 spiro atoms. The highest BCUT2D eigenvalue weighted by atomic mass is 35.5. The van der Waals surface area contributed by atoms with E-state index in [0.717, 1.165) is 30.6 Å². The normalized spacial score (nSPS) is 16.7. The van der Waals surface area contributed by atoms with Gasteiger partial charge in [-0.25, -0.2) is 4.98 Å². The Morgan fingerprint density at radius 3 is 2.97 bits per heavy atom. The summed E-state index contributed by atoms with van der Waals surface area (Å²) in [6.45, 7) is 1.50. The molecule has 0 saturated carbocycles. The molecule has 1 aliphatic heterocycles. The van der Waals surface area contributed by atoms with E-state index in [-0.39, 0.29) is 11.8 Å². The minimum atomic E-state index is -0.165. The van der Waals surface area contributed by atoms with E-state index >= 15 is 0 Å². The molecule has 1 N–H and O–H groups in total. The molecule has 1 amide bonds. The third-order valence-electron chi connectivity index (χ3n) is 5.18. The van der Waals surface area contributed by atoms with Gasteiger partial charge in [-0.15, -0.1) is 11.3 Å². The first kappa shape index (κ1) is 19.8. The van der Waals surface area contributed by atoms with E-state index < -0.39 is 0 Å². The van der Waals surface area contributed by atoms with Crippen molar-refractivity contribution < 1.29 is 14.3 Å². The third kappa shape index (κ3) is 3.97. The van der Waals surface area contributed by atoms with E-state index in [4.69, 9.17) is 21.1 Å². The fraction of sp³-hybridized carbons (Fsp3) is 0.333. The first-order chi connectivity index (χ1) is 14.1. The van der Waals surface area contributed by atoms with Gasteiger partial charge in [0, 0.05) is 41.5 Å². The van der Waals surface area contributed by atoms with Crippen LogP contribution in [0.15, 0.2) is 35.8 Å². The standard InChI is InChI=1S/C21H22ClN3O3S/c1-27-14-10-16(22)19(17(11-14)28-2)24-21(26)13-4-3-8-25(12-13)20-15-6-9-29-18(15)5-7-23-20/h5-7,9-11,13H,3-4,8,12H2,1-2H3,(H,24,26)/t13-/m1/s1. The topological polar surface area (TPSA) is 63.7 Å². The summed E-state index contributed by atoms with van der Waals surface area (Å²) in [5.41, 5.74) is 0.468. The Kier molecular flexibility index (Phi) is 5.78. The van der Waals surface area contributed by atoms with E-state index in [9.17, 15) is 4.79 Å². The first-order valence-electron chi connectivity index (χ1n) is 9.40. The maximum Gasteiger partial charge on any atom is 0.229 e. The molecule has 0 aliphatic carbocycles. The molecule has 1 atom stereocenters. The van der Waals surface area contributed by atoms with Crippen molar-refractivity contribution in [3.63, 3.8) is 0 Å². The fourth-order valence-corrected chi connectivity index (χ4v) is 4.72. The number of pyridine rings is 1. The molecular weight excluding hydrogens is 410 g/mol. The lowest BCUT2D eigenvalue weighted by molar-refractivity contribution is -0.120. The minimum absolute atomic E-state index is 0.0717. The number of carbonyl (C=O) groups is 1. The number of nitrogens with zero attached hydrogens (tertiary/aromatic N) is 2. The summed E-state index contributed by atoms with van der Waals surface area (Å²) >= 11 is 8.06. The Labute approximate surface area is 178 Å². The number of piperidine rings is 1. The lowest BCUT2D eigenvalue weighted by Crippen LogP contribution is -2.41. The quantitative estimate of drug-likeness (QED) is 0.627. The van der Waals surface area contributed by atoms with Crippen molar-refractivity contribution in [2.24, 2.45) is 5.92 Å². The molecule has 0 bridgehead atoms. The average molecular weight is 432 g/mol. The van der Waals surface area contributed by atoms with Crippen LogP contribution < -0.4 is 19.7 Å². The zero-order chi connectivity index (χ0) is 20.4. The number of benzene rings is 1. The van der Waals surface area contributed by atoms with Crippen LogP contribution in [0.25, 0.3) is 10.1 Å². The van der Waals surface area contributed by atoms with Crippen LogP contribution in [-0.4, -0.2) is 38.2 Å². The van der Waals surface area contributed by atoms with Crippen molar-refractivity contribution in [1.29, 1.82) is 0 Å². The number of thiophene rings is 1. The van der Waals surface area contributed by atoms with Gasteiger partial charge >= 0.3 is 0 Å². The molecule has 0 radical (unpaired) electrons. The van der Waals surface area contributed by atoms with Crippen molar-refractivity contribution in [2.45, 2.75) is 12.8 Å². The van der Waals surface area contributed by atoms with Gasteiger partial charge in [-0.05, 0) is 30.4 Å². The molecule has 0 unspecified atom stereocenters. The van der Waals surface area contributed by atoms with Gasteiger partial charge in [-0.3, -0.25) is 4.79 Å². The summed E-state index contributed by atoms with van der Waals surface area (Å²) < 4.78 is 11.8. The Bertz CT molecular complexity index is 1040. The molecule has 1 aliphatic rings. The molecule has 4 rings (SSSR count). The highest BCUT2D eigenvalue weighted by Crippen LogP contribution is 2.38. The molecule has 152 valence electrons. The largest absolute Gasteiger partial charge is 0.497 e. The number of aromatic nitrogens is 1. The molecule has 1 fully saturated rings. The number of fused-ring (bicyclic) bond motifs is 1. The number of methoxy groups -OCH3 is 2. The number of carbonyl (C=O) groups excluding carboxylic acids is 1. The molecular formula is C21H22ClN3O3S. The van der Waals surface area contributed by atoms with Gasteiger partial charge in [0.2, 0.25) is 5.91 Å². The van der Waals surface area contributed by atoms with Crippen LogP contribution in [0.5, 0.6) is 11.5 Å². The molecule has 2 aromatic heterocycles. The van der Waals surface area contributed by atoms with Crippen LogP contribution >= 0.6 is 22.9 Å². The van der Waals surface area contributed by atoms with Crippen LogP contribution in [-0.2, 0) is 4.79 Å². The number of amides is 1. The van der Waals surface area contributed by atoms with Gasteiger partial charge in [-0.2, -0.15) is 0 Å². The summed E-state index contributed by atoms with van der Waals surface area (Å²) in [7, 11) is 3.10. The second-order valence-corrected chi connectivity index (χ2v) is 8.28. The zero-order valence-corrected chi connectivity index (χ0v) is 17.8. The van der Waals surface area contributed by atoms with Gasteiger partial charge < -0.3 is 19.7 Å². The van der Waals surface area contributed by atoms with E-state index in [2.05, 4.69) is 26.6 Å². The van der Waals surface area contributed by atoms with Crippen LogP contribution in [0.2, 0.25) is 5.02 Å². The molecule has 3 heterocycles. The smallest absolute Gasteiger partial charge is 0.229 e. The van der Waals surface area contributed by atoms with Crippen LogP contribution in [0.3, 0.4) is 0 Å². The van der Waals surface area contributed by atoms with Crippen molar-refractivity contribution in [1.82, 2.24) is 4.98 Å². The summed E-state index contributed by atoms with van der Waals surface area (Å²) in [6, 6.07) is 7.48. The molecule has 8 heteroatoms. The van der Waals surface area contributed by atoms with Gasteiger partial charge in [0.15, 0.2) is 0 Å². The summed E-state index contributed by atoms with van der Waals surface area (Å²) in [4.78, 5) is 19.8. The number of nitrogens with one attached hydrogen (secondary N) is 1. The number of ether oxygens (including phenoxy) is 2. The summed E-state index contributed by atoms with van der Waals surface area (Å²) in [5.74, 6) is 1.75. The van der Waals surface area contributed by atoms with Crippen LogP contribution in [0, 0.1) is 5.92 Å². The number of halogens is 1. The van der Waals surface area contributed by atoms with Crippen molar-refractivity contribution in [3.05, 3.63) is 40.9 Å². The van der Waals surface area contributed by atoms with E-state index in [1.54, 1.807) is 30.6 Å². The lowest BCUT2D eigenvalue weighted by atomic mass is 9.96. The maximum absolute atomic E-state index is 13.0. The van der Waals surface area contributed by atoms with Gasteiger partial charge in [-0.1, -0.05) is 11.6 Å². The highest BCUT2D eigenvalue weighted by Gasteiger charge is 2.28. The van der Waals surface area contributed by atoms with E-state index in [1.807, 2.05) is 12.3 Å². The number of rotatable bonds is 5. The second-order valence-electron chi connectivity index (χ2n) is 6.93. The Morgan fingerprint density at radius 2 is 2.17 bits per heavy atom. The fourth-order valence-electron chi connectivity index (χ4n) is 3.70. The molecule has 6 nitrogen and oxygen atoms in total. The van der Waals surface area contributed by atoms with E-state index in [0.29, 0.717) is 28.8 Å². The average Bonchev–Trinajstić information content (AvgIpc) is 3.23. The van der Waals surface area contributed by atoms with E-state index in [1.165, 1.54) is 11.8 Å². The van der Waals surface area contributed by atoms with Crippen molar-refractivity contribution in [3.8, 4) is 11.5 Å².